The molecule has 2 fully saturated rings. The van der Waals surface area contributed by atoms with Crippen LogP contribution in [0.15, 0.2) is 10.6 Å². The van der Waals surface area contributed by atoms with Crippen LogP contribution in [0, 0.1) is 12.8 Å². The molecule has 0 unspecified atom stereocenters. The van der Waals surface area contributed by atoms with Gasteiger partial charge in [0.05, 0.1) is 17.8 Å². The lowest BCUT2D eigenvalue weighted by Crippen LogP contribution is -2.39. The van der Waals surface area contributed by atoms with E-state index < -0.39 is 0 Å². The zero-order valence-electron chi connectivity index (χ0n) is 19.1. The Morgan fingerprint density at radius 2 is 2.03 bits per heavy atom. The van der Waals surface area contributed by atoms with E-state index in [1.165, 1.54) is 74.0 Å². The van der Waals surface area contributed by atoms with Crippen LogP contribution in [0.4, 0.5) is 5.13 Å². The van der Waals surface area contributed by atoms with Gasteiger partial charge in [0, 0.05) is 43.2 Å². The fourth-order valence-electron chi connectivity index (χ4n) is 5.37. The van der Waals surface area contributed by atoms with Crippen LogP contribution < -0.4 is 10.2 Å². The van der Waals surface area contributed by atoms with Crippen LogP contribution in [0.25, 0.3) is 0 Å². The Labute approximate surface area is 194 Å². The van der Waals surface area contributed by atoms with Gasteiger partial charge in [-0.3, -0.25) is 9.69 Å². The van der Waals surface area contributed by atoms with Crippen molar-refractivity contribution in [1.82, 2.24) is 20.4 Å². The van der Waals surface area contributed by atoms with Crippen molar-refractivity contribution in [3.05, 3.63) is 28.1 Å². The molecule has 1 aliphatic carbocycles. The number of rotatable bonds is 7. The van der Waals surface area contributed by atoms with E-state index >= 15 is 0 Å². The fraction of sp³-hybridized carbons (Fsp3) is 0.708. The summed E-state index contributed by atoms with van der Waals surface area (Å²) in [6.07, 6.45) is 9.91. The van der Waals surface area contributed by atoms with Gasteiger partial charge in [-0.15, -0.1) is 11.3 Å². The lowest BCUT2D eigenvalue weighted by Gasteiger charge is -2.32. The molecule has 2 aromatic heterocycles. The second-order valence-electron chi connectivity index (χ2n) is 9.77. The summed E-state index contributed by atoms with van der Waals surface area (Å²) in [5.74, 6) is 1.47. The number of carbonyl (C=O) groups is 1. The number of carbonyl (C=O) groups excluding carboxylic acids is 1. The first-order valence-corrected chi connectivity index (χ1v) is 13.1. The first-order chi connectivity index (χ1) is 15.6. The Balaban J connectivity index is 1.02. The third-order valence-corrected chi connectivity index (χ3v) is 8.47. The summed E-state index contributed by atoms with van der Waals surface area (Å²) in [5, 5.41) is 8.30. The SMILES string of the molecule is Cc1cc(CC(=O)N[C@H]2CC[C@H](CCN3CCc4sc(N5CCCC5)nc4C3)CC2)on1. The predicted molar refractivity (Wildman–Crippen MR) is 126 cm³/mol. The maximum atomic E-state index is 12.3. The molecular weight excluding hydrogens is 422 g/mol. The highest BCUT2D eigenvalue weighted by molar-refractivity contribution is 7.15. The number of hydrogen-bond donors (Lipinski definition) is 1. The molecule has 2 aliphatic heterocycles. The molecule has 4 heterocycles. The lowest BCUT2D eigenvalue weighted by molar-refractivity contribution is -0.121. The first kappa shape index (κ1) is 21.9. The van der Waals surface area contributed by atoms with Crippen LogP contribution in [-0.2, 0) is 24.2 Å². The molecule has 1 saturated heterocycles. The van der Waals surface area contributed by atoms with Crippen molar-refractivity contribution in [2.75, 3.05) is 31.1 Å². The summed E-state index contributed by atoms with van der Waals surface area (Å²) in [6.45, 7) is 7.59. The van der Waals surface area contributed by atoms with Gasteiger partial charge in [-0.05, 0) is 70.8 Å². The molecule has 5 rings (SSSR count). The van der Waals surface area contributed by atoms with E-state index in [1.54, 1.807) is 0 Å². The van der Waals surface area contributed by atoms with Crippen molar-refractivity contribution in [2.24, 2.45) is 5.92 Å². The monoisotopic (exact) mass is 457 g/mol. The molecule has 174 valence electrons. The minimum Gasteiger partial charge on any atom is -0.361 e. The van der Waals surface area contributed by atoms with Crippen LogP contribution >= 0.6 is 11.3 Å². The zero-order chi connectivity index (χ0) is 21.9. The topological polar surface area (TPSA) is 74.5 Å². The quantitative estimate of drug-likeness (QED) is 0.683. The predicted octanol–water partition coefficient (Wildman–Crippen LogP) is 3.71. The number of amides is 1. The van der Waals surface area contributed by atoms with Crippen molar-refractivity contribution in [3.8, 4) is 0 Å². The van der Waals surface area contributed by atoms with E-state index in [-0.39, 0.29) is 12.3 Å². The molecular formula is C24H35N5O2S. The minimum absolute atomic E-state index is 0.0466. The summed E-state index contributed by atoms with van der Waals surface area (Å²) in [7, 11) is 0. The molecule has 0 atom stereocenters. The van der Waals surface area contributed by atoms with Crippen molar-refractivity contribution < 1.29 is 9.32 Å². The smallest absolute Gasteiger partial charge is 0.227 e. The molecule has 7 nitrogen and oxygen atoms in total. The zero-order valence-corrected chi connectivity index (χ0v) is 20.0. The normalized spacial score (nSPS) is 24.0. The largest absolute Gasteiger partial charge is 0.361 e. The Morgan fingerprint density at radius 1 is 1.22 bits per heavy atom. The van der Waals surface area contributed by atoms with Gasteiger partial charge in [0.25, 0.3) is 0 Å². The van der Waals surface area contributed by atoms with Gasteiger partial charge < -0.3 is 14.7 Å². The second kappa shape index (κ2) is 9.91. The maximum Gasteiger partial charge on any atom is 0.227 e. The van der Waals surface area contributed by atoms with Crippen LogP contribution in [0.3, 0.4) is 0 Å². The number of fused-ring (bicyclic) bond motifs is 1. The van der Waals surface area contributed by atoms with Crippen molar-refractivity contribution >= 4 is 22.4 Å². The highest BCUT2D eigenvalue weighted by Crippen LogP contribution is 2.33. The molecule has 0 spiro atoms. The molecule has 0 bridgehead atoms. The Hall–Kier alpha value is -1.93. The average Bonchev–Trinajstić information content (AvgIpc) is 3.53. The Morgan fingerprint density at radius 3 is 2.78 bits per heavy atom. The minimum atomic E-state index is 0.0466. The van der Waals surface area contributed by atoms with E-state index in [1.807, 2.05) is 24.3 Å². The molecule has 0 radical (unpaired) electrons. The number of thiazole rings is 1. The molecule has 8 heteroatoms. The standard InChI is InChI=1S/C24H35N5O2S/c1-17-14-20(31-27-17)15-23(30)25-19-6-4-18(5-7-19)8-12-28-13-9-22-21(16-28)26-24(32-22)29-10-2-3-11-29/h14,18-19H,2-13,15-16H2,1H3,(H,25,30)/t18-,19-. The van der Waals surface area contributed by atoms with Gasteiger partial charge in [0.2, 0.25) is 5.91 Å². The van der Waals surface area contributed by atoms with Crippen molar-refractivity contribution in [3.63, 3.8) is 0 Å². The van der Waals surface area contributed by atoms with Crippen LogP contribution in [0.1, 0.15) is 67.0 Å². The average molecular weight is 458 g/mol. The number of anilines is 1. The number of aryl methyl sites for hydroxylation is 1. The molecule has 3 aliphatic rings. The molecule has 1 saturated carbocycles. The molecule has 2 aromatic rings. The van der Waals surface area contributed by atoms with E-state index in [0.717, 1.165) is 37.4 Å². The van der Waals surface area contributed by atoms with E-state index in [0.29, 0.717) is 11.8 Å². The number of nitrogens with one attached hydrogen (secondary N) is 1. The molecule has 1 N–H and O–H groups in total. The second-order valence-corrected chi connectivity index (χ2v) is 10.8. The van der Waals surface area contributed by atoms with E-state index in [4.69, 9.17) is 9.51 Å². The van der Waals surface area contributed by atoms with Gasteiger partial charge in [0.1, 0.15) is 5.76 Å². The fourth-order valence-corrected chi connectivity index (χ4v) is 6.48. The number of nitrogens with zero attached hydrogens (tertiary/aromatic N) is 4. The molecule has 32 heavy (non-hydrogen) atoms. The number of aromatic nitrogens is 2. The lowest BCUT2D eigenvalue weighted by atomic mass is 9.84. The Kier molecular flexibility index (Phi) is 6.78. The summed E-state index contributed by atoms with van der Waals surface area (Å²) < 4.78 is 5.16. The summed E-state index contributed by atoms with van der Waals surface area (Å²) >= 11 is 1.93. The van der Waals surface area contributed by atoms with Crippen molar-refractivity contribution in [2.45, 2.75) is 77.3 Å². The van der Waals surface area contributed by atoms with Crippen LogP contribution in [-0.4, -0.2) is 53.2 Å². The van der Waals surface area contributed by atoms with Gasteiger partial charge in [-0.25, -0.2) is 4.98 Å². The third kappa shape index (κ3) is 5.34. The van der Waals surface area contributed by atoms with E-state index in [2.05, 4.69) is 20.3 Å². The van der Waals surface area contributed by atoms with Crippen molar-refractivity contribution in [1.29, 1.82) is 0 Å². The molecule has 0 aromatic carbocycles. The third-order valence-electron chi connectivity index (χ3n) is 7.25. The van der Waals surface area contributed by atoms with Crippen LogP contribution in [0.5, 0.6) is 0 Å². The highest BCUT2D eigenvalue weighted by Gasteiger charge is 2.26. The van der Waals surface area contributed by atoms with E-state index in [9.17, 15) is 4.79 Å². The molecule has 1 amide bonds. The van der Waals surface area contributed by atoms with Gasteiger partial charge in [-0.2, -0.15) is 0 Å². The van der Waals surface area contributed by atoms with Crippen LogP contribution in [0.2, 0.25) is 0 Å². The van der Waals surface area contributed by atoms with Gasteiger partial charge >= 0.3 is 0 Å². The number of hydrogen-bond acceptors (Lipinski definition) is 7. The first-order valence-electron chi connectivity index (χ1n) is 12.3. The summed E-state index contributed by atoms with van der Waals surface area (Å²) in [5.41, 5.74) is 2.15. The van der Waals surface area contributed by atoms with Gasteiger partial charge in [-0.1, -0.05) is 5.16 Å². The van der Waals surface area contributed by atoms with Gasteiger partial charge in [0.15, 0.2) is 5.13 Å². The Bertz CT molecular complexity index is 911. The maximum absolute atomic E-state index is 12.3. The summed E-state index contributed by atoms with van der Waals surface area (Å²) in [4.78, 5) is 23.9. The summed E-state index contributed by atoms with van der Waals surface area (Å²) in [6, 6.07) is 2.14. The highest BCUT2D eigenvalue weighted by atomic mass is 32.1.